The fourth-order valence-corrected chi connectivity index (χ4v) is 4.55. The third-order valence-corrected chi connectivity index (χ3v) is 6.38. The first kappa shape index (κ1) is 21.2. The molecule has 0 aromatic carbocycles. The fourth-order valence-electron chi connectivity index (χ4n) is 2.44. The summed E-state index contributed by atoms with van der Waals surface area (Å²) in [5.41, 5.74) is 5.73. The summed E-state index contributed by atoms with van der Waals surface area (Å²) in [5, 5.41) is 57.8. The molecule has 0 aromatic heterocycles. The number of nitrogens with two attached hydrogens (primary N) is 1. The van der Waals surface area contributed by atoms with Crippen LogP contribution >= 0.6 is 0 Å². The number of ether oxygens (including phenoxy) is 2. The summed E-state index contributed by atoms with van der Waals surface area (Å²) < 4.78 is 15.4. The third-order valence-electron chi connectivity index (χ3n) is 3.83. The number of aliphatic hydroxyl groups is 6. The van der Waals surface area contributed by atoms with Crippen LogP contribution in [0.2, 0.25) is 0 Å². The van der Waals surface area contributed by atoms with Crippen molar-refractivity contribution in [1.29, 1.82) is 0 Å². The van der Waals surface area contributed by atoms with E-state index in [1.54, 1.807) is 0 Å². The average Bonchev–Trinajstić information content (AvgIpc) is 2.52. The van der Waals surface area contributed by atoms with Crippen LogP contribution < -0.4 is 5.73 Å². The number of hydrogen-bond acceptors (Lipinski definition) is 10. The molecule has 2 aliphatic heterocycles. The molecule has 135 valence electrons. The second-order valence-electron chi connectivity index (χ2n) is 5.36. The molecule has 0 aromatic rings. The van der Waals surface area contributed by atoms with Gasteiger partial charge in [-0.3, -0.25) is 0 Å². The normalized spacial score (nSPS) is 47.5. The molecule has 1 radical (unpaired) electrons. The molecular weight excluding hydrogens is 376 g/mol. The minimum atomic E-state index is -1.60. The molecular formula is C11H23GaNO10. The van der Waals surface area contributed by atoms with Gasteiger partial charge < -0.3 is 5.48 Å². The fraction of sp³-hybridized carbons (Fsp3) is 1.00. The van der Waals surface area contributed by atoms with Crippen LogP contribution in [0.3, 0.4) is 0 Å². The Bertz CT molecular complexity index is 362. The molecule has 0 unspecified atom stereocenters. The summed E-state index contributed by atoms with van der Waals surface area (Å²) in [6.45, 7) is -1.01. The molecule has 23 heavy (non-hydrogen) atoms. The molecule has 0 amide bonds. The molecule has 0 spiro atoms. The standard InChI is InChI=1S/C11H21NO9.Ga.H2O/c12-1-4(15)10(5(16)2-13)21-11-9(19)8(18)7(17)6(3-14)20-11;;/h1,4-11,13-15,17-19H,2-3,12H2;;1H2/q-1;+1;/t4-,5-,6-,7+,8+,9-,10+,11+;;/m1../s1. The maximum atomic E-state index is 10.1. The van der Waals surface area contributed by atoms with Crippen molar-refractivity contribution in [2.24, 2.45) is 5.73 Å². The van der Waals surface area contributed by atoms with Gasteiger partial charge in [0.05, 0.1) is 0 Å². The molecule has 12 heteroatoms. The van der Waals surface area contributed by atoms with Crippen LogP contribution in [0, 0.1) is 0 Å². The summed E-state index contributed by atoms with van der Waals surface area (Å²) in [4.78, 5) is 0. The SMILES string of the molecule is N[C@H]1[Ga][O][C@H](CO)[C@@H](O[C@@H]2O[C@H](CO)[C@H](O)[C@H](O)[C@H]2O)[C@@H]1O.O. The third kappa shape index (κ3) is 4.43. The molecule has 11 nitrogen and oxygen atoms in total. The predicted octanol–water partition coefficient (Wildman–Crippen LogP) is -6.00. The van der Waals surface area contributed by atoms with Gasteiger partial charge in [0.2, 0.25) is 0 Å². The van der Waals surface area contributed by atoms with E-state index in [0.717, 1.165) is 0 Å². The van der Waals surface area contributed by atoms with Crippen LogP contribution in [-0.4, -0.2) is 121 Å². The van der Waals surface area contributed by atoms with E-state index in [9.17, 15) is 25.5 Å². The van der Waals surface area contributed by atoms with Crippen molar-refractivity contribution in [1.82, 2.24) is 0 Å². The number of aliphatic hydroxyl groups excluding tert-OH is 6. The molecule has 2 fully saturated rings. The minimum Gasteiger partial charge on any atom is -0.412 e. The van der Waals surface area contributed by atoms with Gasteiger partial charge in [0.25, 0.3) is 0 Å². The Morgan fingerprint density at radius 1 is 0.913 bits per heavy atom. The van der Waals surface area contributed by atoms with Gasteiger partial charge in [0.1, 0.15) is 0 Å². The molecule has 10 N–H and O–H groups in total. The van der Waals surface area contributed by atoms with Crippen LogP contribution in [0.15, 0.2) is 0 Å². The Hall–Kier alpha value is 0.196. The number of hydrogen-bond donors (Lipinski definition) is 7. The van der Waals surface area contributed by atoms with Gasteiger partial charge in [0, 0.05) is 0 Å². The Kier molecular flexibility index (Phi) is 8.36. The van der Waals surface area contributed by atoms with Crippen LogP contribution in [0.5, 0.6) is 0 Å². The maximum Gasteiger partial charge on any atom is -0.412 e. The van der Waals surface area contributed by atoms with Gasteiger partial charge in [-0.15, -0.1) is 0 Å². The second kappa shape index (κ2) is 9.05. The van der Waals surface area contributed by atoms with Gasteiger partial charge in [-0.05, 0) is 0 Å². The molecule has 2 heterocycles. The smallest absolute Gasteiger partial charge is 0.412 e. The molecule has 9 atom stereocenters. The van der Waals surface area contributed by atoms with Crippen molar-refractivity contribution in [3.63, 3.8) is 0 Å². The average molecular weight is 399 g/mol. The summed E-state index contributed by atoms with van der Waals surface area (Å²) in [6.07, 6.45) is -10.2. The molecule has 0 aliphatic carbocycles. The minimum absolute atomic E-state index is 0. The van der Waals surface area contributed by atoms with E-state index in [0.29, 0.717) is 0 Å². The molecule has 2 saturated heterocycles. The largest absolute Gasteiger partial charge is 0.412 e. The number of rotatable bonds is 4. The summed E-state index contributed by atoms with van der Waals surface area (Å²) >= 11 is -1.39. The zero-order chi connectivity index (χ0) is 16.4. The van der Waals surface area contributed by atoms with E-state index in [4.69, 9.17) is 23.8 Å². The first-order chi connectivity index (χ1) is 10.4. The van der Waals surface area contributed by atoms with Crippen molar-refractivity contribution in [3.8, 4) is 0 Å². The van der Waals surface area contributed by atoms with Crippen LogP contribution in [0.1, 0.15) is 0 Å². The zero-order valence-corrected chi connectivity index (χ0v) is 14.6. The van der Waals surface area contributed by atoms with Crippen LogP contribution in [0.25, 0.3) is 0 Å². The first-order valence-electron chi connectivity index (χ1n) is 6.90. The molecule has 2 rings (SSSR count). The van der Waals surface area contributed by atoms with E-state index >= 15 is 0 Å². The Morgan fingerprint density at radius 2 is 1.52 bits per heavy atom. The molecule has 2 aliphatic rings. The molecule has 0 bridgehead atoms. The van der Waals surface area contributed by atoms with E-state index in [1.165, 1.54) is 0 Å². The van der Waals surface area contributed by atoms with E-state index in [1.807, 2.05) is 0 Å². The van der Waals surface area contributed by atoms with Gasteiger partial charge in [-0.25, -0.2) is 0 Å². The van der Waals surface area contributed by atoms with Crippen molar-refractivity contribution in [3.05, 3.63) is 0 Å². The van der Waals surface area contributed by atoms with Gasteiger partial charge in [0.15, 0.2) is 0 Å². The summed E-state index contributed by atoms with van der Waals surface area (Å²) in [6, 6.07) is 0. The first-order valence-corrected chi connectivity index (χ1v) is 9.28. The van der Waals surface area contributed by atoms with Crippen molar-refractivity contribution in [2.45, 2.75) is 53.6 Å². The van der Waals surface area contributed by atoms with Gasteiger partial charge in [-0.1, -0.05) is 0 Å². The van der Waals surface area contributed by atoms with Gasteiger partial charge >= 0.3 is 134 Å². The maximum absolute atomic E-state index is 10.1. The quantitative estimate of drug-likeness (QED) is 0.223. The van der Waals surface area contributed by atoms with Crippen molar-refractivity contribution in [2.75, 3.05) is 13.2 Å². The topological polar surface area (TPSA) is 207 Å². The van der Waals surface area contributed by atoms with E-state index in [-0.39, 0.29) is 5.48 Å². The Balaban J connectivity index is 0.00000264. The summed E-state index contributed by atoms with van der Waals surface area (Å²) in [7, 11) is 0. The summed E-state index contributed by atoms with van der Waals surface area (Å²) in [5.74, 6) is 0. The predicted molar refractivity (Wildman–Crippen MR) is 73.9 cm³/mol. The van der Waals surface area contributed by atoms with Gasteiger partial charge in [-0.2, -0.15) is 0 Å². The van der Waals surface area contributed by atoms with Crippen LogP contribution in [-0.2, 0) is 13.0 Å². The zero-order valence-electron chi connectivity index (χ0n) is 12.2. The Morgan fingerprint density at radius 3 is 2.09 bits per heavy atom. The van der Waals surface area contributed by atoms with Crippen molar-refractivity contribution >= 4 is 17.8 Å². The van der Waals surface area contributed by atoms with E-state index in [2.05, 4.69) is 0 Å². The van der Waals surface area contributed by atoms with Crippen LogP contribution in [0.4, 0.5) is 0 Å². The monoisotopic (exact) mass is 398 g/mol. The molecule has 0 saturated carbocycles. The van der Waals surface area contributed by atoms with Crippen molar-refractivity contribution < 1.29 is 49.1 Å². The van der Waals surface area contributed by atoms with E-state index < -0.39 is 84.6 Å². The Labute approximate surface area is 140 Å². The second-order valence-corrected chi connectivity index (χ2v) is 8.12.